The van der Waals surface area contributed by atoms with Crippen molar-refractivity contribution in [1.82, 2.24) is 15.3 Å². The van der Waals surface area contributed by atoms with Crippen molar-refractivity contribution in [3.05, 3.63) is 42.4 Å². The van der Waals surface area contributed by atoms with E-state index in [1.165, 1.54) is 18.5 Å². The Hall–Kier alpha value is -2.29. The van der Waals surface area contributed by atoms with Crippen LogP contribution in [0, 0.1) is 0 Å². The van der Waals surface area contributed by atoms with Crippen molar-refractivity contribution in [2.75, 3.05) is 0 Å². The molecule has 0 aliphatic rings. The lowest BCUT2D eigenvalue weighted by Gasteiger charge is -2.27. The average molecular weight is 303 g/mol. The number of imidazole rings is 1. The molecule has 2 rings (SSSR count). The Morgan fingerprint density at radius 2 is 2.24 bits per heavy atom. The number of carbonyl (C=O) groups is 1. The third kappa shape index (κ3) is 3.24. The lowest BCUT2D eigenvalue weighted by molar-refractivity contribution is -0.273. The molecule has 2 aromatic rings. The molecule has 0 spiro atoms. The summed E-state index contributed by atoms with van der Waals surface area (Å²) in [4.78, 5) is 18.1. The number of amides is 1. The smallest absolute Gasteiger partial charge is 0.425 e. The van der Waals surface area contributed by atoms with Crippen molar-refractivity contribution in [1.29, 1.82) is 0 Å². The summed E-state index contributed by atoms with van der Waals surface area (Å²) in [6.07, 6.45) is -2.31. The number of aliphatic hydroxyl groups is 1. The number of aromatic amines is 1. The van der Waals surface area contributed by atoms with E-state index in [2.05, 4.69) is 19.7 Å². The molecule has 0 radical (unpaired) electrons. The van der Waals surface area contributed by atoms with E-state index in [0.717, 1.165) is 12.3 Å². The molecule has 0 aromatic carbocycles. The topological polar surface area (TPSA) is 91.2 Å². The Labute approximate surface area is 117 Å². The van der Waals surface area contributed by atoms with Gasteiger partial charge in [-0.25, -0.2) is 4.98 Å². The first-order chi connectivity index (χ1) is 9.83. The lowest BCUT2D eigenvalue weighted by atomic mass is 9.95. The molecule has 1 amide bonds. The number of rotatable bonds is 5. The van der Waals surface area contributed by atoms with Gasteiger partial charge in [-0.2, -0.15) is 13.2 Å². The van der Waals surface area contributed by atoms with Gasteiger partial charge in [-0.3, -0.25) is 4.79 Å². The number of carbonyl (C=O) groups excluding carboxylic acids is 1. The second kappa shape index (κ2) is 5.60. The summed E-state index contributed by atoms with van der Waals surface area (Å²) in [6, 6.07) is 2.17. The first-order valence-corrected chi connectivity index (χ1v) is 5.91. The zero-order chi connectivity index (χ0) is 15.5. The Balaban J connectivity index is 2.07. The summed E-state index contributed by atoms with van der Waals surface area (Å²) in [7, 11) is 0. The molecule has 0 saturated carbocycles. The van der Waals surface area contributed by atoms with Gasteiger partial charge in [0.05, 0.1) is 19.2 Å². The van der Waals surface area contributed by atoms with E-state index in [1.54, 1.807) is 0 Å². The highest BCUT2D eigenvalue weighted by atomic mass is 19.4. The number of nitrogens with one attached hydrogen (secondary N) is 2. The SMILES string of the molecule is O=C(C[C@@](O)(c1ccco1)C(F)(F)F)NCc1ncc[nH]1. The number of H-pyrrole nitrogens is 1. The van der Waals surface area contributed by atoms with Crippen LogP contribution >= 0.6 is 0 Å². The van der Waals surface area contributed by atoms with E-state index in [9.17, 15) is 23.1 Å². The van der Waals surface area contributed by atoms with E-state index in [0.29, 0.717) is 5.82 Å². The van der Waals surface area contributed by atoms with Crippen LogP contribution in [0.4, 0.5) is 13.2 Å². The molecule has 0 aliphatic heterocycles. The first-order valence-electron chi connectivity index (χ1n) is 5.91. The maximum absolute atomic E-state index is 13.0. The molecule has 2 heterocycles. The van der Waals surface area contributed by atoms with Crippen molar-refractivity contribution < 1.29 is 27.5 Å². The Morgan fingerprint density at radius 1 is 1.48 bits per heavy atom. The first kappa shape index (κ1) is 15.1. The summed E-state index contributed by atoms with van der Waals surface area (Å²) >= 11 is 0. The van der Waals surface area contributed by atoms with Crippen molar-refractivity contribution in [2.45, 2.75) is 24.7 Å². The summed E-state index contributed by atoms with van der Waals surface area (Å²) in [5.41, 5.74) is -3.37. The minimum atomic E-state index is -5.05. The molecule has 0 saturated heterocycles. The summed E-state index contributed by atoms with van der Waals surface area (Å²) in [5.74, 6) is -1.33. The summed E-state index contributed by atoms with van der Waals surface area (Å²) < 4.78 is 43.7. The fourth-order valence-corrected chi connectivity index (χ4v) is 1.71. The van der Waals surface area contributed by atoms with Gasteiger partial charge in [-0.15, -0.1) is 0 Å². The lowest BCUT2D eigenvalue weighted by Crippen LogP contribution is -2.46. The van der Waals surface area contributed by atoms with Crippen molar-refractivity contribution in [3.8, 4) is 0 Å². The van der Waals surface area contributed by atoms with E-state index >= 15 is 0 Å². The predicted molar refractivity (Wildman–Crippen MR) is 63.7 cm³/mol. The van der Waals surface area contributed by atoms with Gasteiger partial charge >= 0.3 is 6.18 Å². The Bertz CT molecular complexity index is 581. The second-order valence-corrected chi connectivity index (χ2v) is 4.32. The number of halogens is 3. The van der Waals surface area contributed by atoms with E-state index in [4.69, 9.17) is 0 Å². The third-order valence-electron chi connectivity index (χ3n) is 2.82. The van der Waals surface area contributed by atoms with Gasteiger partial charge in [0.15, 0.2) is 0 Å². The van der Waals surface area contributed by atoms with Crippen LogP contribution in [-0.4, -0.2) is 27.2 Å². The highest BCUT2D eigenvalue weighted by molar-refractivity contribution is 5.77. The minimum Gasteiger partial charge on any atom is -0.466 e. The molecule has 0 aliphatic carbocycles. The molecule has 0 unspecified atom stereocenters. The molecular weight excluding hydrogens is 291 g/mol. The third-order valence-corrected chi connectivity index (χ3v) is 2.82. The van der Waals surface area contributed by atoms with Crippen LogP contribution in [0.15, 0.2) is 35.2 Å². The molecule has 3 N–H and O–H groups in total. The van der Waals surface area contributed by atoms with Crippen molar-refractivity contribution in [3.63, 3.8) is 0 Å². The number of aromatic nitrogens is 2. The Morgan fingerprint density at radius 3 is 2.76 bits per heavy atom. The van der Waals surface area contributed by atoms with Crippen molar-refractivity contribution >= 4 is 5.91 Å². The fraction of sp³-hybridized carbons (Fsp3) is 0.333. The van der Waals surface area contributed by atoms with Gasteiger partial charge in [-0.1, -0.05) is 0 Å². The van der Waals surface area contributed by atoms with Crippen LogP contribution in [0.2, 0.25) is 0 Å². The highest BCUT2D eigenvalue weighted by Crippen LogP contribution is 2.41. The van der Waals surface area contributed by atoms with E-state index in [1.807, 2.05) is 0 Å². The largest absolute Gasteiger partial charge is 0.466 e. The predicted octanol–water partition coefficient (Wildman–Crippen LogP) is 1.46. The molecule has 2 aromatic heterocycles. The van der Waals surface area contributed by atoms with Gasteiger partial charge < -0.3 is 19.8 Å². The normalized spacial score (nSPS) is 14.7. The zero-order valence-electron chi connectivity index (χ0n) is 10.6. The minimum absolute atomic E-state index is 0.0715. The van der Waals surface area contributed by atoms with E-state index < -0.39 is 29.9 Å². The molecule has 1 atom stereocenters. The fourth-order valence-electron chi connectivity index (χ4n) is 1.71. The molecule has 114 valence electrons. The maximum atomic E-state index is 13.0. The van der Waals surface area contributed by atoms with Crippen LogP contribution in [0.25, 0.3) is 0 Å². The van der Waals surface area contributed by atoms with Crippen LogP contribution in [0.1, 0.15) is 18.0 Å². The van der Waals surface area contributed by atoms with Gasteiger partial charge in [0, 0.05) is 12.4 Å². The number of alkyl halides is 3. The van der Waals surface area contributed by atoms with Crippen molar-refractivity contribution in [2.24, 2.45) is 0 Å². The zero-order valence-corrected chi connectivity index (χ0v) is 10.6. The van der Waals surface area contributed by atoms with Crippen LogP contribution in [0.3, 0.4) is 0 Å². The van der Waals surface area contributed by atoms with Gasteiger partial charge in [0.1, 0.15) is 11.6 Å². The quantitative estimate of drug-likeness (QED) is 0.780. The molecule has 6 nitrogen and oxygen atoms in total. The van der Waals surface area contributed by atoms with Crippen LogP contribution in [0.5, 0.6) is 0 Å². The number of hydrogen-bond acceptors (Lipinski definition) is 4. The molecule has 0 fully saturated rings. The molecule has 0 bridgehead atoms. The second-order valence-electron chi connectivity index (χ2n) is 4.32. The highest BCUT2D eigenvalue weighted by Gasteiger charge is 2.58. The summed E-state index contributed by atoms with van der Waals surface area (Å²) in [6.45, 7) is -0.0715. The molecular formula is C12H12F3N3O3. The standard InChI is InChI=1S/C12H12F3N3O3/c13-12(14,15)11(20,8-2-1-5-21-8)6-10(19)18-7-9-16-3-4-17-9/h1-5,20H,6-7H2,(H,16,17)(H,18,19)/t11-/m1/s1. The number of hydrogen-bond donors (Lipinski definition) is 3. The monoisotopic (exact) mass is 303 g/mol. The number of nitrogens with zero attached hydrogens (tertiary/aromatic N) is 1. The molecule has 9 heteroatoms. The number of furan rings is 1. The molecule has 21 heavy (non-hydrogen) atoms. The van der Waals surface area contributed by atoms with Crippen LogP contribution < -0.4 is 5.32 Å². The Kier molecular flexibility index (Phi) is 4.03. The summed E-state index contributed by atoms with van der Waals surface area (Å²) in [5, 5.41) is 12.1. The average Bonchev–Trinajstić information content (AvgIpc) is 3.08. The maximum Gasteiger partial charge on any atom is 0.425 e. The van der Waals surface area contributed by atoms with E-state index in [-0.39, 0.29) is 6.54 Å². The van der Waals surface area contributed by atoms with Gasteiger partial charge in [-0.05, 0) is 12.1 Å². The van der Waals surface area contributed by atoms with Crippen LogP contribution in [-0.2, 0) is 16.9 Å². The van der Waals surface area contributed by atoms with Gasteiger partial charge in [0.2, 0.25) is 11.5 Å². The van der Waals surface area contributed by atoms with Gasteiger partial charge in [0.25, 0.3) is 0 Å².